The van der Waals surface area contributed by atoms with Gasteiger partial charge in [0.2, 0.25) is 0 Å². The lowest BCUT2D eigenvalue weighted by molar-refractivity contribution is 0.145. The molecule has 1 aromatic rings. The van der Waals surface area contributed by atoms with Crippen molar-refractivity contribution in [1.82, 2.24) is 10.2 Å². The van der Waals surface area contributed by atoms with E-state index in [4.69, 9.17) is 0 Å². The molecule has 2 fully saturated rings. The normalized spacial score (nSPS) is 28.7. The van der Waals surface area contributed by atoms with Gasteiger partial charge in [0.15, 0.2) is 0 Å². The third-order valence-electron chi connectivity index (χ3n) is 4.56. The highest BCUT2D eigenvalue weighted by molar-refractivity contribution is 9.10. The van der Waals surface area contributed by atoms with Crippen molar-refractivity contribution in [3.8, 4) is 0 Å². The number of hydrogen-bond acceptors (Lipinski definition) is 2. The molecule has 2 heterocycles. The fourth-order valence-electron chi connectivity index (χ4n) is 3.54. The summed E-state index contributed by atoms with van der Waals surface area (Å²) in [5.41, 5.74) is 1.42. The molecule has 3 rings (SSSR count). The Morgan fingerprint density at radius 1 is 1.21 bits per heavy atom. The maximum Gasteiger partial charge on any atom is 0.0245 e. The van der Waals surface area contributed by atoms with Crippen molar-refractivity contribution in [3.05, 3.63) is 34.3 Å². The van der Waals surface area contributed by atoms with Crippen LogP contribution in [0.25, 0.3) is 0 Å². The van der Waals surface area contributed by atoms with Crippen LogP contribution in [0.1, 0.15) is 31.2 Å². The van der Waals surface area contributed by atoms with E-state index in [2.05, 4.69) is 50.4 Å². The molecule has 0 bridgehead atoms. The summed E-state index contributed by atoms with van der Waals surface area (Å²) in [7, 11) is 0. The molecule has 1 aromatic carbocycles. The Hall–Kier alpha value is -0.380. The van der Waals surface area contributed by atoms with Gasteiger partial charge in [-0.1, -0.05) is 34.1 Å². The number of hydrogen-bond donors (Lipinski definition) is 1. The van der Waals surface area contributed by atoms with Crippen LogP contribution >= 0.6 is 15.9 Å². The number of likely N-dealkylation sites (tertiary alicyclic amines) is 1. The van der Waals surface area contributed by atoms with Crippen LogP contribution in [0.5, 0.6) is 0 Å². The summed E-state index contributed by atoms with van der Waals surface area (Å²) in [6.45, 7) is 4.83. The van der Waals surface area contributed by atoms with Gasteiger partial charge < -0.3 is 5.32 Å². The van der Waals surface area contributed by atoms with Crippen LogP contribution in [0.4, 0.5) is 0 Å². The van der Waals surface area contributed by atoms with Crippen LogP contribution in [0.2, 0.25) is 0 Å². The smallest absolute Gasteiger partial charge is 0.0245 e. The Bertz CT molecular complexity index is 415. The van der Waals surface area contributed by atoms with Gasteiger partial charge in [-0.25, -0.2) is 0 Å². The monoisotopic (exact) mass is 322 g/mol. The van der Waals surface area contributed by atoms with Crippen LogP contribution in [-0.2, 0) is 6.54 Å². The quantitative estimate of drug-likeness (QED) is 0.917. The number of halogens is 1. The predicted octanol–water partition coefficient (Wildman–Crippen LogP) is 3.41. The summed E-state index contributed by atoms with van der Waals surface area (Å²) in [6.07, 6.45) is 5.51. The van der Waals surface area contributed by atoms with Crippen molar-refractivity contribution in [1.29, 1.82) is 0 Å². The maximum atomic E-state index is 3.69. The largest absolute Gasteiger partial charge is 0.314 e. The van der Waals surface area contributed by atoms with Crippen molar-refractivity contribution >= 4 is 15.9 Å². The van der Waals surface area contributed by atoms with E-state index in [1.165, 1.54) is 55.4 Å². The lowest BCUT2D eigenvalue weighted by atomic mass is 9.89. The van der Waals surface area contributed by atoms with Gasteiger partial charge in [0.1, 0.15) is 0 Å². The Kier molecular flexibility index (Phi) is 4.57. The fraction of sp³-hybridized carbons (Fsp3) is 0.625. The zero-order valence-electron chi connectivity index (χ0n) is 11.4. The second-order valence-electron chi connectivity index (χ2n) is 5.93. The van der Waals surface area contributed by atoms with Gasteiger partial charge in [-0.15, -0.1) is 0 Å². The Morgan fingerprint density at radius 2 is 2.11 bits per heavy atom. The van der Waals surface area contributed by atoms with E-state index >= 15 is 0 Å². The topological polar surface area (TPSA) is 15.3 Å². The molecule has 19 heavy (non-hydrogen) atoms. The van der Waals surface area contributed by atoms with E-state index in [9.17, 15) is 0 Å². The average Bonchev–Trinajstić information content (AvgIpc) is 2.96. The highest BCUT2D eigenvalue weighted by Crippen LogP contribution is 2.26. The molecule has 2 saturated heterocycles. The van der Waals surface area contributed by atoms with Crippen LogP contribution in [0, 0.1) is 5.92 Å². The second-order valence-corrected chi connectivity index (χ2v) is 6.79. The van der Waals surface area contributed by atoms with Crippen molar-refractivity contribution in [3.63, 3.8) is 0 Å². The SMILES string of the molecule is Brc1ccccc1CN1CCCC(C2CCCN2)C1. The van der Waals surface area contributed by atoms with E-state index in [0.717, 1.165) is 18.5 Å². The van der Waals surface area contributed by atoms with Gasteiger partial charge in [-0.2, -0.15) is 0 Å². The maximum absolute atomic E-state index is 3.69. The highest BCUT2D eigenvalue weighted by atomic mass is 79.9. The molecular formula is C16H23BrN2. The van der Waals surface area contributed by atoms with Crippen molar-refractivity contribution < 1.29 is 0 Å². The molecule has 2 aliphatic rings. The first-order valence-electron chi connectivity index (χ1n) is 7.52. The van der Waals surface area contributed by atoms with Gasteiger partial charge in [-0.3, -0.25) is 4.90 Å². The first kappa shape index (κ1) is 13.6. The van der Waals surface area contributed by atoms with Crippen molar-refractivity contribution in [2.45, 2.75) is 38.3 Å². The standard InChI is InChI=1S/C16H23BrN2/c17-15-7-2-1-5-13(15)11-19-10-4-6-14(12-19)16-8-3-9-18-16/h1-2,5,7,14,16,18H,3-4,6,8-12H2. The number of rotatable bonds is 3. The first-order chi connectivity index (χ1) is 9.33. The summed E-state index contributed by atoms with van der Waals surface area (Å²) in [5.74, 6) is 0.860. The molecule has 0 saturated carbocycles. The van der Waals surface area contributed by atoms with Crippen LogP contribution in [0.3, 0.4) is 0 Å². The Morgan fingerprint density at radius 3 is 2.89 bits per heavy atom. The van der Waals surface area contributed by atoms with Crippen LogP contribution < -0.4 is 5.32 Å². The number of benzene rings is 1. The van der Waals surface area contributed by atoms with Crippen molar-refractivity contribution in [2.24, 2.45) is 5.92 Å². The Labute approximate surface area is 124 Å². The average molecular weight is 323 g/mol. The molecule has 0 aliphatic carbocycles. The van der Waals surface area contributed by atoms with Gasteiger partial charge >= 0.3 is 0 Å². The van der Waals surface area contributed by atoms with E-state index < -0.39 is 0 Å². The molecule has 0 radical (unpaired) electrons. The third kappa shape index (κ3) is 3.39. The second kappa shape index (κ2) is 6.38. The van der Waals surface area contributed by atoms with Crippen LogP contribution in [-0.4, -0.2) is 30.6 Å². The van der Waals surface area contributed by atoms with Gasteiger partial charge in [0.05, 0.1) is 0 Å². The van der Waals surface area contributed by atoms with Crippen LogP contribution in [0.15, 0.2) is 28.7 Å². The predicted molar refractivity (Wildman–Crippen MR) is 83.2 cm³/mol. The molecule has 2 atom stereocenters. The summed E-state index contributed by atoms with van der Waals surface area (Å²) in [5, 5.41) is 3.69. The van der Waals surface area contributed by atoms with E-state index in [1.54, 1.807) is 0 Å². The molecule has 3 heteroatoms. The lowest BCUT2D eigenvalue weighted by Crippen LogP contribution is -2.43. The van der Waals surface area contributed by atoms with E-state index in [1.807, 2.05) is 0 Å². The lowest BCUT2D eigenvalue weighted by Gasteiger charge is -2.36. The highest BCUT2D eigenvalue weighted by Gasteiger charge is 2.28. The fourth-order valence-corrected chi connectivity index (χ4v) is 3.95. The molecule has 0 amide bonds. The van der Waals surface area contributed by atoms with Gasteiger partial charge in [-0.05, 0) is 56.3 Å². The number of piperidine rings is 1. The minimum Gasteiger partial charge on any atom is -0.314 e. The number of nitrogens with one attached hydrogen (secondary N) is 1. The first-order valence-corrected chi connectivity index (χ1v) is 8.31. The third-order valence-corrected chi connectivity index (χ3v) is 5.33. The molecule has 2 nitrogen and oxygen atoms in total. The summed E-state index contributed by atoms with van der Waals surface area (Å²) in [4.78, 5) is 2.63. The molecule has 2 aliphatic heterocycles. The zero-order valence-corrected chi connectivity index (χ0v) is 13.0. The molecule has 2 unspecified atom stereocenters. The molecular weight excluding hydrogens is 300 g/mol. The van der Waals surface area contributed by atoms with E-state index in [-0.39, 0.29) is 0 Å². The minimum absolute atomic E-state index is 0.780. The minimum atomic E-state index is 0.780. The van der Waals surface area contributed by atoms with Gasteiger partial charge in [0.25, 0.3) is 0 Å². The van der Waals surface area contributed by atoms with Crippen molar-refractivity contribution in [2.75, 3.05) is 19.6 Å². The number of nitrogens with zero attached hydrogens (tertiary/aromatic N) is 1. The molecule has 0 aromatic heterocycles. The van der Waals surface area contributed by atoms with E-state index in [0.29, 0.717) is 0 Å². The van der Waals surface area contributed by atoms with Gasteiger partial charge in [0, 0.05) is 23.6 Å². The molecule has 0 spiro atoms. The zero-order chi connectivity index (χ0) is 13.1. The molecule has 1 N–H and O–H groups in total. The Balaban J connectivity index is 1.60. The summed E-state index contributed by atoms with van der Waals surface area (Å²) < 4.78 is 1.25. The summed E-state index contributed by atoms with van der Waals surface area (Å²) >= 11 is 3.67. The molecule has 104 valence electrons. The summed E-state index contributed by atoms with van der Waals surface area (Å²) in [6, 6.07) is 9.40.